The predicted octanol–water partition coefficient (Wildman–Crippen LogP) is 2.45. The van der Waals surface area contributed by atoms with Crippen molar-refractivity contribution in [3.63, 3.8) is 0 Å². The number of urea groups is 1. The summed E-state index contributed by atoms with van der Waals surface area (Å²) < 4.78 is 5.67. The Morgan fingerprint density at radius 3 is 2.62 bits per heavy atom. The van der Waals surface area contributed by atoms with E-state index in [4.69, 9.17) is 4.74 Å². The van der Waals surface area contributed by atoms with Crippen molar-refractivity contribution < 1.29 is 14.3 Å². The van der Waals surface area contributed by atoms with E-state index in [1.54, 1.807) is 0 Å². The van der Waals surface area contributed by atoms with E-state index in [1.165, 1.54) is 4.90 Å². The van der Waals surface area contributed by atoms with E-state index >= 15 is 0 Å². The molecule has 1 atom stereocenters. The number of nitrogens with zero attached hydrogens (tertiary/aromatic N) is 1. The fraction of sp³-hybridized carbons (Fsp3) is 0.875. The van der Waals surface area contributed by atoms with Crippen molar-refractivity contribution in [2.24, 2.45) is 5.92 Å². The van der Waals surface area contributed by atoms with Crippen molar-refractivity contribution in [2.45, 2.75) is 69.9 Å². The first-order valence-electron chi connectivity index (χ1n) is 8.40. The van der Waals surface area contributed by atoms with Crippen LogP contribution in [0.4, 0.5) is 4.79 Å². The highest BCUT2D eigenvalue weighted by molar-refractivity contribution is 6.07. The third kappa shape index (κ3) is 2.80. The Morgan fingerprint density at radius 2 is 2.00 bits per heavy atom. The Kier molecular flexibility index (Phi) is 4.20. The summed E-state index contributed by atoms with van der Waals surface area (Å²) in [6.07, 6.45) is 8.00. The van der Waals surface area contributed by atoms with Crippen molar-refractivity contribution in [3.05, 3.63) is 0 Å². The minimum absolute atomic E-state index is 0.0174. The summed E-state index contributed by atoms with van der Waals surface area (Å²) in [5.41, 5.74) is -0.614. The number of hydrogen-bond donors (Lipinski definition) is 1. The minimum Gasteiger partial charge on any atom is -0.376 e. The van der Waals surface area contributed by atoms with Crippen molar-refractivity contribution in [1.82, 2.24) is 10.2 Å². The van der Waals surface area contributed by atoms with Gasteiger partial charge in [-0.3, -0.25) is 9.69 Å². The molecule has 2 saturated heterocycles. The molecule has 2 heterocycles. The normalized spacial score (nSPS) is 37.1. The third-order valence-corrected chi connectivity index (χ3v) is 5.44. The topological polar surface area (TPSA) is 58.6 Å². The molecule has 1 N–H and O–H groups in total. The van der Waals surface area contributed by atoms with Gasteiger partial charge in [-0.25, -0.2) is 4.79 Å². The number of amides is 3. The molecule has 1 saturated carbocycles. The lowest BCUT2D eigenvalue weighted by Gasteiger charge is -2.35. The summed E-state index contributed by atoms with van der Waals surface area (Å²) >= 11 is 0. The van der Waals surface area contributed by atoms with Crippen molar-refractivity contribution in [3.8, 4) is 0 Å². The number of ether oxygens (including phenoxy) is 1. The van der Waals surface area contributed by atoms with E-state index in [1.807, 2.05) is 0 Å². The largest absolute Gasteiger partial charge is 0.376 e. The average Bonchev–Trinajstić information content (AvgIpc) is 2.74. The quantitative estimate of drug-likeness (QED) is 0.813. The molecule has 3 fully saturated rings. The van der Waals surface area contributed by atoms with Crippen LogP contribution in [0.15, 0.2) is 0 Å². The van der Waals surface area contributed by atoms with Gasteiger partial charge in [0, 0.05) is 6.61 Å². The van der Waals surface area contributed by atoms with Gasteiger partial charge in [0.2, 0.25) is 0 Å². The van der Waals surface area contributed by atoms with Crippen molar-refractivity contribution in [2.75, 3.05) is 13.2 Å². The third-order valence-electron chi connectivity index (χ3n) is 5.44. The highest BCUT2D eigenvalue weighted by Crippen LogP contribution is 2.37. The zero-order chi connectivity index (χ0) is 14.9. The number of carbonyl (C=O) groups is 2. The summed E-state index contributed by atoms with van der Waals surface area (Å²) in [5, 5.41) is 2.99. The molecule has 0 unspecified atom stereocenters. The van der Waals surface area contributed by atoms with Gasteiger partial charge in [0.05, 0.1) is 12.6 Å². The number of hydrogen-bond acceptors (Lipinski definition) is 3. The second kappa shape index (κ2) is 5.95. The summed E-state index contributed by atoms with van der Waals surface area (Å²) in [6, 6.07) is -0.218. The second-order valence-electron chi connectivity index (χ2n) is 6.77. The molecule has 21 heavy (non-hydrogen) atoms. The van der Waals surface area contributed by atoms with Gasteiger partial charge in [0.25, 0.3) is 5.91 Å². The molecule has 3 amide bonds. The van der Waals surface area contributed by atoms with Gasteiger partial charge in [-0.1, -0.05) is 13.3 Å². The van der Waals surface area contributed by atoms with E-state index in [0.717, 1.165) is 58.0 Å². The van der Waals surface area contributed by atoms with Gasteiger partial charge in [-0.2, -0.15) is 0 Å². The van der Waals surface area contributed by atoms with Gasteiger partial charge < -0.3 is 10.1 Å². The zero-order valence-electron chi connectivity index (χ0n) is 12.9. The summed E-state index contributed by atoms with van der Waals surface area (Å²) in [5.74, 6) is 0.687. The van der Waals surface area contributed by atoms with Crippen molar-refractivity contribution >= 4 is 11.9 Å². The maximum absolute atomic E-state index is 12.7. The molecule has 3 rings (SSSR count). The number of rotatable bonds is 3. The van der Waals surface area contributed by atoms with Crippen LogP contribution in [0.25, 0.3) is 0 Å². The van der Waals surface area contributed by atoms with E-state index in [-0.39, 0.29) is 18.0 Å². The van der Waals surface area contributed by atoms with Gasteiger partial charge in [-0.15, -0.1) is 0 Å². The molecular formula is C16H26N2O3. The predicted molar refractivity (Wildman–Crippen MR) is 78.8 cm³/mol. The van der Waals surface area contributed by atoms with Gasteiger partial charge in [-0.05, 0) is 50.9 Å². The van der Waals surface area contributed by atoms with E-state index < -0.39 is 5.54 Å². The van der Waals surface area contributed by atoms with Crippen LogP contribution in [0.1, 0.15) is 58.3 Å². The van der Waals surface area contributed by atoms with Gasteiger partial charge in [0.1, 0.15) is 5.54 Å². The minimum atomic E-state index is -0.614. The maximum atomic E-state index is 12.7. The van der Waals surface area contributed by atoms with E-state index in [2.05, 4.69) is 12.2 Å². The van der Waals surface area contributed by atoms with Crippen LogP contribution in [0.2, 0.25) is 0 Å². The molecule has 0 aromatic carbocycles. The summed E-state index contributed by atoms with van der Waals surface area (Å²) in [7, 11) is 0. The molecule has 5 nitrogen and oxygen atoms in total. The van der Waals surface area contributed by atoms with E-state index in [0.29, 0.717) is 12.5 Å². The second-order valence-corrected chi connectivity index (χ2v) is 6.77. The lowest BCUT2D eigenvalue weighted by atomic mass is 9.75. The van der Waals surface area contributed by atoms with Crippen LogP contribution in [-0.4, -0.2) is 41.6 Å². The smallest absolute Gasteiger partial charge is 0.325 e. The molecule has 1 spiro atoms. The van der Waals surface area contributed by atoms with Crippen molar-refractivity contribution in [1.29, 1.82) is 0 Å². The van der Waals surface area contributed by atoms with Gasteiger partial charge in [0.15, 0.2) is 0 Å². The maximum Gasteiger partial charge on any atom is 0.325 e. The lowest BCUT2D eigenvalue weighted by molar-refractivity contribution is -0.134. The SMILES string of the molecule is CCC1CCC2(CC1)NC(=O)N(C[C@H]1CCCCO1)C2=O. The highest BCUT2D eigenvalue weighted by atomic mass is 16.5. The molecule has 0 aromatic heterocycles. The van der Waals surface area contributed by atoms with Crippen LogP contribution < -0.4 is 5.32 Å². The fourth-order valence-corrected chi connectivity index (χ4v) is 3.91. The van der Waals surface area contributed by atoms with Crippen LogP contribution in [0.5, 0.6) is 0 Å². The number of carbonyl (C=O) groups excluding carboxylic acids is 2. The van der Waals surface area contributed by atoms with E-state index in [9.17, 15) is 9.59 Å². The van der Waals surface area contributed by atoms with Crippen LogP contribution in [-0.2, 0) is 9.53 Å². The Hall–Kier alpha value is -1.10. The molecule has 0 bridgehead atoms. The molecular weight excluding hydrogens is 268 g/mol. The zero-order valence-corrected chi connectivity index (χ0v) is 12.9. The molecule has 1 aliphatic carbocycles. The van der Waals surface area contributed by atoms with Crippen LogP contribution >= 0.6 is 0 Å². The molecule has 5 heteroatoms. The van der Waals surface area contributed by atoms with Crippen LogP contribution in [0.3, 0.4) is 0 Å². The standard InChI is InChI=1S/C16H26N2O3/c1-2-12-6-8-16(9-7-12)14(19)18(15(20)17-16)11-13-5-3-4-10-21-13/h12-13H,2-11H2,1H3,(H,17,20)/t12?,13-,16?/m1/s1. The first kappa shape index (κ1) is 14.8. The molecule has 0 radical (unpaired) electrons. The van der Waals surface area contributed by atoms with Crippen LogP contribution in [0, 0.1) is 5.92 Å². The number of imide groups is 1. The Labute approximate surface area is 126 Å². The number of nitrogens with one attached hydrogen (secondary N) is 1. The fourth-order valence-electron chi connectivity index (χ4n) is 3.91. The Balaban J connectivity index is 1.64. The molecule has 0 aromatic rings. The first-order chi connectivity index (χ1) is 10.1. The first-order valence-corrected chi connectivity index (χ1v) is 8.40. The highest BCUT2D eigenvalue weighted by Gasteiger charge is 2.52. The Morgan fingerprint density at radius 1 is 1.24 bits per heavy atom. The van der Waals surface area contributed by atoms with Gasteiger partial charge >= 0.3 is 6.03 Å². The summed E-state index contributed by atoms with van der Waals surface area (Å²) in [6.45, 7) is 3.37. The lowest BCUT2D eigenvalue weighted by Crippen LogP contribution is -2.50. The summed E-state index contributed by atoms with van der Waals surface area (Å²) in [4.78, 5) is 26.4. The molecule has 118 valence electrons. The molecule has 3 aliphatic rings. The Bertz CT molecular complexity index is 410. The molecule has 2 aliphatic heterocycles. The average molecular weight is 294 g/mol. The monoisotopic (exact) mass is 294 g/mol.